The second kappa shape index (κ2) is 10.6. The van der Waals surface area contributed by atoms with E-state index in [1.165, 1.54) is 0 Å². The zero-order chi connectivity index (χ0) is 26.9. The molecular formula is C29H27ClN6O3. The van der Waals surface area contributed by atoms with Gasteiger partial charge in [0.25, 0.3) is 5.56 Å². The van der Waals surface area contributed by atoms with Crippen LogP contribution in [0.3, 0.4) is 0 Å². The first-order chi connectivity index (χ1) is 19.0. The van der Waals surface area contributed by atoms with Crippen molar-refractivity contribution in [2.45, 2.75) is 39.3 Å². The summed E-state index contributed by atoms with van der Waals surface area (Å²) in [4.78, 5) is 27.7. The Bertz CT molecular complexity index is 1720. The number of benzene rings is 2. The lowest BCUT2D eigenvalue weighted by atomic mass is 10.0. The smallest absolute Gasteiger partial charge is 0.260 e. The lowest BCUT2D eigenvalue weighted by molar-refractivity contribution is 0.0903. The molecule has 39 heavy (non-hydrogen) atoms. The number of fused-ring (bicyclic) bond motifs is 1. The maximum atomic E-state index is 14.1. The Balaban J connectivity index is 1.47. The van der Waals surface area contributed by atoms with Gasteiger partial charge in [0.1, 0.15) is 5.65 Å². The van der Waals surface area contributed by atoms with Crippen LogP contribution in [-0.4, -0.2) is 43.9 Å². The van der Waals surface area contributed by atoms with Crippen LogP contribution in [-0.2, 0) is 11.3 Å². The monoisotopic (exact) mass is 542 g/mol. The molecule has 5 aromatic rings. The molecule has 2 aromatic carbocycles. The van der Waals surface area contributed by atoms with Gasteiger partial charge >= 0.3 is 0 Å². The van der Waals surface area contributed by atoms with Crippen LogP contribution < -0.4 is 10.9 Å². The predicted molar refractivity (Wildman–Crippen MR) is 150 cm³/mol. The molecule has 10 heteroatoms. The molecule has 0 unspecified atom stereocenters. The molecule has 1 N–H and O–H groups in total. The maximum Gasteiger partial charge on any atom is 0.260 e. The van der Waals surface area contributed by atoms with E-state index in [0.29, 0.717) is 64.8 Å². The van der Waals surface area contributed by atoms with E-state index >= 15 is 0 Å². The van der Waals surface area contributed by atoms with E-state index < -0.39 is 0 Å². The fraction of sp³-hybridized carbons (Fsp3) is 0.276. The third kappa shape index (κ3) is 5.15. The van der Waals surface area contributed by atoms with Crippen LogP contribution >= 0.6 is 11.6 Å². The molecule has 0 spiro atoms. The summed E-state index contributed by atoms with van der Waals surface area (Å²) in [6.45, 7) is 5.54. The minimum atomic E-state index is -0.188. The van der Waals surface area contributed by atoms with Crippen LogP contribution in [0.2, 0.25) is 5.02 Å². The van der Waals surface area contributed by atoms with E-state index in [9.17, 15) is 4.79 Å². The molecule has 1 aliphatic heterocycles. The standard InChI is InChI=1S/C29H27ClN6O3/c1-17-5-3-4-6-20(17)16-36-27-21(15-31-29(34-27)33-22-9-11-38-12-10-22)13-24(28(36)37)23-8-7-19(14-25(23)30)26-32-18(2)39-35-26/h3-8,13-15,22H,9-12,16H2,1-2H3,(H,31,33,34). The summed E-state index contributed by atoms with van der Waals surface area (Å²) in [5, 5.41) is 8.53. The van der Waals surface area contributed by atoms with Gasteiger partial charge in [-0.15, -0.1) is 0 Å². The van der Waals surface area contributed by atoms with Crippen molar-refractivity contribution in [2.24, 2.45) is 0 Å². The minimum Gasteiger partial charge on any atom is -0.381 e. The van der Waals surface area contributed by atoms with Gasteiger partial charge in [-0.25, -0.2) is 4.98 Å². The number of pyridine rings is 1. The van der Waals surface area contributed by atoms with E-state index in [-0.39, 0.29) is 11.6 Å². The van der Waals surface area contributed by atoms with E-state index in [4.69, 9.17) is 25.8 Å². The number of anilines is 1. The summed E-state index contributed by atoms with van der Waals surface area (Å²) < 4.78 is 12.3. The molecule has 0 atom stereocenters. The minimum absolute atomic E-state index is 0.188. The van der Waals surface area contributed by atoms with Gasteiger partial charge in [-0.1, -0.05) is 53.2 Å². The number of halogens is 1. The summed E-state index contributed by atoms with van der Waals surface area (Å²) in [7, 11) is 0. The largest absolute Gasteiger partial charge is 0.381 e. The molecule has 0 aliphatic carbocycles. The van der Waals surface area contributed by atoms with Crippen LogP contribution in [0.5, 0.6) is 0 Å². The second-order valence-electron chi connectivity index (χ2n) is 9.71. The first kappa shape index (κ1) is 25.2. The molecule has 0 bridgehead atoms. The number of aryl methyl sites for hydroxylation is 2. The van der Waals surface area contributed by atoms with Crippen molar-refractivity contribution in [1.29, 1.82) is 0 Å². The Morgan fingerprint density at radius 2 is 1.87 bits per heavy atom. The van der Waals surface area contributed by atoms with Crippen molar-refractivity contribution < 1.29 is 9.26 Å². The van der Waals surface area contributed by atoms with Gasteiger partial charge in [0.2, 0.25) is 17.7 Å². The lowest BCUT2D eigenvalue weighted by Gasteiger charge is -2.23. The fourth-order valence-corrected chi connectivity index (χ4v) is 5.12. The van der Waals surface area contributed by atoms with Gasteiger partial charge in [-0.2, -0.15) is 9.97 Å². The van der Waals surface area contributed by atoms with Crippen molar-refractivity contribution in [3.63, 3.8) is 0 Å². The number of nitrogens with zero attached hydrogens (tertiary/aromatic N) is 5. The van der Waals surface area contributed by atoms with Crippen molar-refractivity contribution in [3.05, 3.63) is 87.1 Å². The molecule has 1 aliphatic rings. The quantitative estimate of drug-likeness (QED) is 0.303. The highest BCUT2D eigenvalue weighted by atomic mass is 35.5. The summed E-state index contributed by atoms with van der Waals surface area (Å²) in [6, 6.07) is 15.4. The van der Waals surface area contributed by atoms with E-state index in [1.807, 2.05) is 49.4 Å². The zero-order valence-corrected chi connectivity index (χ0v) is 22.4. The third-order valence-corrected chi connectivity index (χ3v) is 7.33. The molecular weight excluding hydrogens is 516 g/mol. The van der Waals surface area contributed by atoms with Gasteiger partial charge in [0.05, 0.1) is 6.54 Å². The molecule has 198 valence electrons. The molecule has 9 nitrogen and oxygen atoms in total. The summed E-state index contributed by atoms with van der Waals surface area (Å²) >= 11 is 6.73. The number of hydrogen-bond donors (Lipinski definition) is 1. The Morgan fingerprint density at radius 1 is 1.05 bits per heavy atom. The Kier molecular flexibility index (Phi) is 6.85. The second-order valence-corrected chi connectivity index (χ2v) is 10.1. The first-order valence-corrected chi connectivity index (χ1v) is 13.2. The SMILES string of the molecule is Cc1nc(-c2ccc(-c3cc4cnc(NC5CCOCC5)nc4n(Cc4ccccc4C)c3=O)c(Cl)c2)no1. The molecule has 1 fully saturated rings. The molecule has 0 radical (unpaired) electrons. The number of nitrogens with one attached hydrogen (secondary N) is 1. The van der Waals surface area contributed by atoms with E-state index in [1.54, 1.807) is 23.8 Å². The normalized spacial score (nSPS) is 14.1. The average Bonchev–Trinajstić information content (AvgIpc) is 3.38. The molecule has 3 aromatic heterocycles. The highest BCUT2D eigenvalue weighted by Gasteiger charge is 2.19. The van der Waals surface area contributed by atoms with Gasteiger partial charge in [0, 0.05) is 59.5 Å². The van der Waals surface area contributed by atoms with Crippen LogP contribution in [0.15, 0.2) is 64.0 Å². The van der Waals surface area contributed by atoms with Gasteiger partial charge in [0.15, 0.2) is 0 Å². The van der Waals surface area contributed by atoms with Gasteiger partial charge in [-0.05, 0) is 43.0 Å². The Labute approximate surface area is 229 Å². The maximum absolute atomic E-state index is 14.1. The number of hydrogen-bond acceptors (Lipinski definition) is 8. The number of ether oxygens (including phenoxy) is 1. The Morgan fingerprint density at radius 3 is 2.62 bits per heavy atom. The zero-order valence-electron chi connectivity index (χ0n) is 21.6. The molecule has 6 rings (SSSR count). The predicted octanol–water partition coefficient (Wildman–Crippen LogP) is 5.42. The van der Waals surface area contributed by atoms with Crippen LogP contribution in [0, 0.1) is 13.8 Å². The fourth-order valence-electron chi connectivity index (χ4n) is 4.84. The highest BCUT2D eigenvalue weighted by molar-refractivity contribution is 6.33. The van der Waals surface area contributed by atoms with Crippen molar-refractivity contribution in [2.75, 3.05) is 18.5 Å². The van der Waals surface area contributed by atoms with Crippen molar-refractivity contribution in [1.82, 2.24) is 24.7 Å². The van der Waals surface area contributed by atoms with Crippen molar-refractivity contribution >= 4 is 28.6 Å². The van der Waals surface area contributed by atoms with Crippen molar-refractivity contribution in [3.8, 4) is 22.5 Å². The van der Waals surface area contributed by atoms with Gasteiger partial charge < -0.3 is 14.6 Å². The first-order valence-electron chi connectivity index (χ1n) is 12.9. The lowest BCUT2D eigenvalue weighted by Crippen LogP contribution is -2.29. The average molecular weight is 543 g/mol. The summed E-state index contributed by atoms with van der Waals surface area (Å²) in [5.41, 5.74) is 4.27. The van der Waals surface area contributed by atoms with E-state index in [0.717, 1.165) is 29.4 Å². The molecule has 4 heterocycles. The number of aromatic nitrogens is 5. The summed E-state index contributed by atoms with van der Waals surface area (Å²) in [5.74, 6) is 1.40. The highest BCUT2D eigenvalue weighted by Crippen LogP contribution is 2.31. The molecule has 1 saturated heterocycles. The summed E-state index contributed by atoms with van der Waals surface area (Å²) in [6.07, 6.45) is 3.52. The third-order valence-electron chi connectivity index (χ3n) is 7.02. The molecule has 0 saturated carbocycles. The van der Waals surface area contributed by atoms with Gasteiger partial charge in [-0.3, -0.25) is 9.36 Å². The van der Waals surface area contributed by atoms with Crippen LogP contribution in [0.1, 0.15) is 29.9 Å². The Hall–Kier alpha value is -4.08. The molecule has 0 amide bonds. The number of rotatable bonds is 6. The van der Waals surface area contributed by atoms with E-state index in [2.05, 4.69) is 20.4 Å². The van der Waals surface area contributed by atoms with Crippen LogP contribution in [0.4, 0.5) is 5.95 Å². The topological polar surface area (TPSA) is 108 Å². The van der Waals surface area contributed by atoms with Crippen LogP contribution in [0.25, 0.3) is 33.5 Å².